The zero-order chi connectivity index (χ0) is 15.2. The van der Waals surface area contributed by atoms with Crippen LogP contribution in [0, 0.1) is 13.8 Å². The molecule has 2 rings (SSSR count). The SMILES string of the molecule is Cc1cc(C)n(CCCC(=O)N(C)CC2COCCO2)n1. The Labute approximate surface area is 126 Å². The van der Waals surface area contributed by atoms with Crippen molar-refractivity contribution in [3.63, 3.8) is 0 Å². The number of carbonyl (C=O) groups is 1. The number of hydrogen-bond acceptors (Lipinski definition) is 4. The number of hydrogen-bond donors (Lipinski definition) is 0. The van der Waals surface area contributed by atoms with Crippen molar-refractivity contribution in [1.29, 1.82) is 0 Å². The lowest BCUT2D eigenvalue weighted by atomic mass is 10.2. The molecule has 1 aromatic heterocycles. The molecule has 1 saturated heterocycles. The zero-order valence-corrected chi connectivity index (χ0v) is 13.2. The van der Waals surface area contributed by atoms with Gasteiger partial charge in [0.2, 0.25) is 5.91 Å². The molecular weight excluding hydrogens is 270 g/mol. The molecule has 6 nitrogen and oxygen atoms in total. The largest absolute Gasteiger partial charge is 0.376 e. The summed E-state index contributed by atoms with van der Waals surface area (Å²) in [6, 6.07) is 2.05. The van der Waals surface area contributed by atoms with Gasteiger partial charge in [-0.15, -0.1) is 0 Å². The lowest BCUT2D eigenvalue weighted by Crippen LogP contribution is -2.40. The molecule has 0 saturated carbocycles. The minimum absolute atomic E-state index is 0.00343. The number of aryl methyl sites for hydroxylation is 3. The Bertz CT molecular complexity index is 467. The maximum atomic E-state index is 12.1. The monoisotopic (exact) mass is 295 g/mol. The molecule has 1 aliphatic heterocycles. The minimum atomic E-state index is 0.00343. The van der Waals surface area contributed by atoms with Crippen molar-refractivity contribution in [2.45, 2.75) is 39.3 Å². The van der Waals surface area contributed by atoms with Crippen molar-refractivity contribution in [1.82, 2.24) is 14.7 Å². The second-order valence-corrected chi connectivity index (χ2v) is 5.60. The van der Waals surface area contributed by atoms with Gasteiger partial charge in [-0.3, -0.25) is 9.48 Å². The van der Waals surface area contributed by atoms with Crippen LogP contribution in [-0.2, 0) is 20.8 Å². The number of nitrogens with zero attached hydrogens (tertiary/aromatic N) is 3. The molecule has 0 radical (unpaired) electrons. The predicted octanol–water partition coefficient (Wildman–Crippen LogP) is 1.15. The molecule has 1 aromatic rings. The quantitative estimate of drug-likeness (QED) is 0.790. The number of rotatable bonds is 6. The van der Waals surface area contributed by atoms with Crippen molar-refractivity contribution in [2.75, 3.05) is 33.4 Å². The van der Waals surface area contributed by atoms with Gasteiger partial charge in [0.15, 0.2) is 0 Å². The molecule has 0 aromatic carbocycles. The summed E-state index contributed by atoms with van der Waals surface area (Å²) in [5.74, 6) is 0.144. The summed E-state index contributed by atoms with van der Waals surface area (Å²) in [5.41, 5.74) is 2.16. The lowest BCUT2D eigenvalue weighted by molar-refractivity contribution is -0.136. The summed E-state index contributed by atoms with van der Waals surface area (Å²) in [7, 11) is 1.82. The molecule has 118 valence electrons. The molecular formula is C15H25N3O3. The Kier molecular flexibility index (Phi) is 5.76. The Morgan fingerprint density at radius 1 is 1.48 bits per heavy atom. The second-order valence-electron chi connectivity index (χ2n) is 5.60. The molecule has 1 unspecified atom stereocenters. The molecule has 0 spiro atoms. The highest BCUT2D eigenvalue weighted by Gasteiger charge is 2.19. The fraction of sp³-hybridized carbons (Fsp3) is 0.733. The van der Waals surface area contributed by atoms with Gasteiger partial charge >= 0.3 is 0 Å². The average Bonchev–Trinajstić information content (AvgIpc) is 2.78. The predicted molar refractivity (Wildman–Crippen MR) is 79.1 cm³/mol. The summed E-state index contributed by atoms with van der Waals surface area (Å²) in [4.78, 5) is 13.8. The van der Waals surface area contributed by atoms with Crippen molar-refractivity contribution >= 4 is 5.91 Å². The van der Waals surface area contributed by atoms with Gasteiger partial charge in [0.05, 0.1) is 31.6 Å². The summed E-state index contributed by atoms with van der Waals surface area (Å²) >= 11 is 0. The van der Waals surface area contributed by atoms with Crippen LogP contribution in [0.15, 0.2) is 6.07 Å². The maximum Gasteiger partial charge on any atom is 0.222 e. The highest BCUT2D eigenvalue weighted by Crippen LogP contribution is 2.07. The summed E-state index contributed by atoms with van der Waals surface area (Å²) in [6.45, 7) is 7.23. The minimum Gasteiger partial charge on any atom is -0.376 e. The molecule has 1 amide bonds. The topological polar surface area (TPSA) is 56.6 Å². The van der Waals surface area contributed by atoms with E-state index in [0.29, 0.717) is 32.8 Å². The molecule has 0 aliphatic carbocycles. The van der Waals surface area contributed by atoms with E-state index in [-0.39, 0.29) is 12.0 Å². The highest BCUT2D eigenvalue weighted by atomic mass is 16.6. The van der Waals surface area contributed by atoms with Gasteiger partial charge in [-0.2, -0.15) is 5.10 Å². The number of ether oxygens (including phenoxy) is 2. The van der Waals surface area contributed by atoms with Crippen LogP contribution >= 0.6 is 0 Å². The normalized spacial score (nSPS) is 18.7. The number of amides is 1. The molecule has 0 N–H and O–H groups in total. The molecule has 21 heavy (non-hydrogen) atoms. The first kappa shape index (κ1) is 16.0. The third-order valence-corrected chi connectivity index (χ3v) is 3.65. The van der Waals surface area contributed by atoms with Crippen LogP contribution in [-0.4, -0.2) is 60.1 Å². The molecule has 1 aliphatic rings. The van der Waals surface area contributed by atoms with Crippen LogP contribution in [0.1, 0.15) is 24.2 Å². The third-order valence-electron chi connectivity index (χ3n) is 3.65. The third kappa shape index (κ3) is 4.82. The van der Waals surface area contributed by atoms with Gasteiger partial charge in [0.1, 0.15) is 0 Å². The highest BCUT2D eigenvalue weighted by molar-refractivity contribution is 5.75. The number of carbonyl (C=O) groups excluding carboxylic acids is 1. The summed E-state index contributed by atoms with van der Waals surface area (Å²) in [5, 5.41) is 4.40. The van der Waals surface area contributed by atoms with Gasteiger partial charge in [-0.1, -0.05) is 0 Å². The van der Waals surface area contributed by atoms with Crippen LogP contribution in [0.5, 0.6) is 0 Å². The molecule has 0 bridgehead atoms. The standard InChI is InChI=1S/C15H25N3O3/c1-12-9-13(2)18(16-12)6-4-5-15(19)17(3)10-14-11-20-7-8-21-14/h9,14H,4-8,10-11H2,1-3H3. The van der Waals surface area contributed by atoms with E-state index in [1.807, 2.05) is 31.6 Å². The van der Waals surface area contributed by atoms with Crippen molar-refractivity contribution in [3.8, 4) is 0 Å². The number of aromatic nitrogens is 2. The first-order valence-electron chi connectivity index (χ1n) is 7.50. The fourth-order valence-corrected chi connectivity index (χ4v) is 2.52. The maximum absolute atomic E-state index is 12.1. The van der Waals surface area contributed by atoms with Gasteiger partial charge < -0.3 is 14.4 Å². The van der Waals surface area contributed by atoms with Gasteiger partial charge in [-0.05, 0) is 26.3 Å². The van der Waals surface area contributed by atoms with Crippen LogP contribution in [0.3, 0.4) is 0 Å². The van der Waals surface area contributed by atoms with E-state index in [2.05, 4.69) is 5.10 Å². The first-order chi connectivity index (χ1) is 10.1. The Hall–Kier alpha value is -1.40. The van der Waals surface area contributed by atoms with Crippen LogP contribution in [0.2, 0.25) is 0 Å². The van der Waals surface area contributed by atoms with Crippen LogP contribution < -0.4 is 0 Å². The Morgan fingerprint density at radius 3 is 2.90 bits per heavy atom. The summed E-state index contributed by atoms with van der Waals surface area (Å²) in [6.07, 6.45) is 1.33. The van der Waals surface area contributed by atoms with E-state index in [0.717, 1.165) is 24.4 Å². The van der Waals surface area contributed by atoms with Gasteiger partial charge in [0, 0.05) is 32.3 Å². The number of likely N-dealkylation sites (N-methyl/N-ethyl adjacent to an activating group) is 1. The van der Waals surface area contributed by atoms with Crippen LogP contribution in [0.25, 0.3) is 0 Å². The Balaban J connectivity index is 1.69. The average molecular weight is 295 g/mol. The fourth-order valence-electron chi connectivity index (χ4n) is 2.52. The van der Waals surface area contributed by atoms with E-state index >= 15 is 0 Å². The lowest BCUT2D eigenvalue weighted by Gasteiger charge is -2.27. The smallest absolute Gasteiger partial charge is 0.222 e. The summed E-state index contributed by atoms with van der Waals surface area (Å²) < 4.78 is 12.9. The Morgan fingerprint density at radius 2 is 2.29 bits per heavy atom. The van der Waals surface area contributed by atoms with E-state index in [9.17, 15) is 4.79 Å². The van der Waals surface area contributed by atoms with Crippen molar-refractivity contribution in [3.05, 3.63) is 17.5 Å². The zero-order valence-electron chi connectivity index (χ0n) is 13.2. The van der Waals surface area contributed by atoms with Gasteiger partial charge in [-0.25, -0.2) is 0 Å². The molecule has 1 fully saturated rings. The molecule has 2 heterocycles. The van der Waals surface area contributed by atoms with E-state index in [4.69, 9.17) is 9.47 Å². The molecule has 1 atom stereocenters. The van der Waals surface area contributed by atoms with E-state index in [1.54, 1.807) is 4.90 Å². The second kappa shape index (κ2) is 7.56. The molecule has 6 heteroatoms. The van der Waals surface area contributed by atoms with Gasteiger partial charge in [0.25, 0.3) is 0 Å². The first-order valence-corrected chi connectivity index (χ1v) is 7.50. The van der Waals surface area contributed by atoms with Crippen molar-refractivity contribution in [2.24, 2.45) is 0 Å². The van der Waals surface area contributed by atoms with E-state index < -0.39 is 0 Å². The van der Waals surface area contributed by atoms with Crippen molar-refractivity contribution < 1.29 is 14.3 Å². The van der Waals surface area contributed by atoms with Crippen LogP contribution in [0.4, 0.5) is 0 Å². The van der Waals surface area contributed by atoms with E-state index in [1.165, 1.54) is 0 Å².